The van der Waals surface area contributed by atoms with Gasteiger partial charge in [0.05, 0.1) is 17.6 Å². The molecule has 202 valence electrons. The zero-order chi connectivity index (χ0) is 26.4. The fraction of sp³-hybridized carbons (Fsp3) is 0.567. The van der Waals surface area contributed by atoms with Crippen molar-refractivity contribution in [3.63, 3.8) is 0 Å². The Kier molecular flexibility index (Phi) is 6.44. The predicted molar refractivity (Wildman–Crippen MR) is 148 cm³/mol. The first-order chi connectivity index (χ1) is 18.3. The molecule has 0 radical (unpaired) electrons. The summed E-state index contributed by atoms with van der Waals surface area (Å²) in [5.74, 6) is 3.06. The van der Waals surface area contributed by atoms with Crippen LogP contribution in [0.1, 0.15) is 55.8 Å². The summed E-state index contributed by atoms with van der Waals surface area (Å²) < 4.78 is 5.38. The first-order valence-corrected chi connectivity index (χ1v) is 14.1. The summed E-state index contributed by atoms with van der Waals surface area (Å²) in [5, 5.41) is 15.6. The third-order valence-corrected chi connectivity index (χ3v) is 9.82. The number of anilines is 2. The SMILES string of the molecule is COc1ccccc1C(=O)N1CCN(c2ccc([N+](=O)[O-])c(NC(C)C34CC5CC(CC(C5)C3)C4)c2)CC1. The van der Waals surface area contributed by atoms with Crippen molar-refractivity contribution in [3.05, 3.63) is 58.1 Å². The number of hydrogen-bond donors (Lipinski definition) is 1. The van der Waals surface area contributed by atoms with E-state index in [-0.39, 0.29) is 28.0 Å². The third kappa shape index (κ3) is 4.48. The molecule has 1 N–H and O–H groups in total. The molecule has 2 aromatic carbocycles. The van der Waals surface area contributed by atoms with E-state index in [4.69, 9.17) is 4.74 Å². The maximum Gasteiger partial charge on any atom is 0.292 e. The van der Waals surface area contributed by atoms with Gasteiger partial charge in [0.25, 0.3) is 11.6 Å². The Balaban J connectivity index is 1.17. The number of carbonyl (C=O) groups is 1. The van der Waals surface area contributed by atoms with Gasteiger partial charge in [0.2, 0.25) is 0 Å². The lowest BCUT2D eigenvalue weighted by molar-refractivity contribution is -0.384. The van der Waals surface area contributed by atoms with Gasteiger partial charge < -0.3 is 19.9 Å². The van der Waals surface area contributed by atoms with Gasteiger partial charge in [0.15, 0.2) is 0 Å². The maximum absolute atomic E-state index is 13.1. The van der Waals surface area contributed by atoms with Gasteiger partial charge in [0.1, 0.15) is 11.4 Å². The average Bonchev–Trinajstić information content (AvgIpc) is 2.92. The lowest BCUT2D eigenvalue weighted by Crippen LogP contribution is -2.53. The third-order valence-electron chi connectivity index (χ3n) is 9.82. The van der Waals surface area contributed by atoms with E-state index >= 15 is 0 Å². The molecule has 1 atom stereocenters. The van der Waals surface area contributed by atoms with Gasteiger partial charge in [-0.3, -0.25) is 14.9 Å². The fourth-order valence-electron chi connectivity index (χ4n) is 8.25. The Morgan fingerprint density at radius 3 is 2.26 bits per heavy atom. The van der Waals surface area contributed by atoms with Crippen LogP contribution in [0.5, 0.6) is 5.75 Å². The van der Waals surface area contributed by atoms with Crippen molar-refractivity contribution in [3.8, 4) is 5.75 Å². The highest BCUT2D eigenvalue weighted by Crippen LogP contribution is 2.61. The highest BCUT2D eigenvalue weighted by molar-refractivity contribution is 5.97. The molecule has 8 heteroatoms. The predicted octanol–water partition coefficient (Wildman–Crippen LogP) is 5.58. The summed E-state index contributed by atoms with van der Waals surface area (Å²) in [6.45, 7) is 4.75. The van der Waals surface area contributed by atoms with Crippen LogP contribution in [-0.4, -0.2) is 55.1 Å². The summed E-state index contributed by atoms with van der Waals surface area (Å²) in [6, 6.07) is 12.9. The van der Waals surface area contributed by atoms with Crippen LogP contribution in [-0.2, 0) is 0 Å². The number of nitrogens with zero attached hydrogens (tertiary/aromatic N) is 3. The van der Waals surface area contributed by atoms with Crippen LogP contribution < -0.4 is 15.0 Å². The van der Waals surface area contributed by atoms with Gasteiger partial charge in [-0.05, 0) is 92.9 Å². The minimum atomic E-state index is -0.275. The van der Waals surface area contributed by atoms with Gasteiger partial charge in [-0.15, -0.1) is 0 Å². The largest absolute Gasteiger partial charge is 0.496 e. The lowest BCUT2D eigenvalue weighted by atomic mass is 9.48. The summed E-state index contributed by atoms with van der Waals surface area (Å²) >= 11 is 0. The number of piperazine rings is 1. The molecule has 2 aromatic rings. The molecule has 0 aromatic heterocycles. The van der Waals surface area contributed by atoms with Crippen LogP contribution >= 0.6 is 0 Å². The molecular formula is C30H38N4O4. The molecule has 1 aliphatic heterocycles. The highest BCUT2D eigenvalue weighted by Gasteiger charge is 2.53. The molecule has 38 heavy (non-hydrogen) atoms. The Bertz CT molecular complexity index is 1190. The number of nitro groups is 1. The molecule has 8 nitrogen and oxygen atoms in total. The van der Waals surface area contributed by atoms with Crippen molar-refractivity contribution in [1.82, 2.24) is 4.90 Å². The zero-order valence-electron chi connectivity index (χ0n) is 22.4. The number of hydrogen-bond acceptors (Lipinski definition) is 6. The second kappa shape index (κ2) is 9.79. The van der Waals surface area contributed by atoms with Crippen LogP contribution in [0.4, 0.5) is 17.1 Å². The van der Waals surface area contributed by atoms with Crippen molar-refractivity contribution >= 4 is 23.0 Å². The normalized spacial score (nSPS) is 28.7. The molecule has 1 amide bonds. The summed E-state index contributed by atoms with van der Waals surface area (Å²) in [4.78, 5) is 28.9. The molecule has 5 aliphatic rings. The topological polar surface area (TPSA) is 88.0 Å². The van der Waals surface area contributed by atoms with Crippen LogP contribution in [0.25, 0.3) is 0 Å². The maximum atomic E-state index is 13.1. The monoisotopic (exact) mass is 518 g/mol. The first-order valence-electron chi connectivity index (χ1n) is 14.1. The van der Waals surface area contributed by atoms with Crippen LogP contribution in [0.15, 0.2) is 42.5 Å². The van der Waals surface area contributed by atoms with E-state index in [0.29, 0.717) is 43.2 Å². The van der Waals surface area contributed by atoms with Gasteiger partial charge in [-0.1, -0.05) is 12.1 Å². The molecule has 1 unspecified atom stereocenters. The minimum Gasteiger partial charge on any atom is -0.496 e. The van der Waals surface area contributed by atoms with Gasteiger partial charge in [-0.2, -0.15) is 0 Å². The molecule has 7 rings (SSSR count). The van der Waals surface area contributed by atoms with E-state index in [1.807, 2.05) is 29.2 Å². The number of benzene rings is 2. The standard InChI is InChI=1S/C30H38N4O4/c1-20(30-17-21-13-22(18-30)15-23(14-21)19-30)31-26-16-24(7-8-27(26)34(36)37)32-9-11-33(12-10-32)29(35)25-5-3-4-6-28(25)38-2/h3-8,16,20-23,31H,9-15,17-19H2,1-2H3. The molecule has 1 heterocycles. The molecule has 4 aliphatic carbocycles. The van der Waals surface area contributed by atoms with E-state index in [1.165, 1.54) is 38.5 Å². The number of carbonyl (C=O) groups excluding carboxylic acids is 1. The minimum absolute atomic E-state index is 0.0300. The average molecular weight is 519 g/mol. The number of nitro benzene ring substituents is 1. The fourth-order valence-corrected chi connectivity index (χ4v) is 8.25. The number of ether oxygens (including phenoxy) is 1. The van der Waals surface area contributed by atoms with Gasteiger partial charge in [-0.25, -0.2) is 0 Å². The highest BCUT2D eigenvalue weighted by atomic mass is 16.6. The molecule has 4 saturated carbocycles. The van der Waals surface area contributed by atoms with Crippen LogP contribution in [0.2, 0.25) is 0 Å². The van der Waals surface area contributed by atoms with E-state index < -0.39 is 0 Å². The lowest BCUT2D eigenvalue weighted by Gasteiger charge is -2.59. The van der Waals surface area contributed by atoms with Crippen molar-refractivity contribution in [1.29, 1.82) is 0 Å². The number of rotatable bonds is 7. The van der Waals surface area contributed by atoms with Gasteiger partial charge in [0, 0.05) is 44.0 Å². The summed E-state index contributed by atoms with van der Waals surface area (Å²) in [5.41, 5.74) is 2.53. The van der Waals surface area contributed by atoms with E-state index in [1.54, 1.807) is 25.3 Å². The van der Waals surface area contributed by atoms with Crippen molar-refractivity contribution < 1.29 is 14.5 Å². The van der Waals surface area contributed by atoms with E-state index in [0.717, 1.165) is 23.4 Å². The summed E-state index contributed by atoms with van der Waals surface area (Å²) in [6.07, 6.45) is 7.90. The van der Waals surface area contributed by atoms with Crippen LogP contribution in [0, 0.1) is 33.3 Å². The molecule has 5 fully saturated rings. The quantitative estimate of drug-likeness (QED) is 0.380. The van der Waals surface area contributed by atoms with Gasteiger partial charge >= 0.3 is 0 Å². The zero-order valence-corrected chi connectivity index (χ0v) is 22.4. The van der Waals surface area contributed by atoms with E-state index in [9.17, 15) is 14.9 Å². The number of para-hydroxylation sites is 1. The smallest absolute Gasteiger partial charge is 0.292 e. The second-order valence-electron chi connectivity index (χ2n) is 12.1. The van der Waals surface area contributed by atoms with Crippen molar-refractivity contribution in [2.45, 2.75) is 51.5 Å². The Morgan fingerprint density at radius 2 is 1.66 bits per heavy atom. The van der Waals surface area contributed by atoms with Crippen LogP contribution in [0.3, 0.4) is 0 Å². The molecule has 0 spiro atoms. The Hall–Kier alpha value is -3.29. The molecular weight excluding hydrogens is 480 g/mol. The molecule has 4 bridgehead atoms. The number of nitrogens with one attached hydrogen (secondary N) is 1. The van der Waals surface area contributed by atoms with Crippen molar-refractivity contribution in [2.24, 2.45) is 23.2 Å². The van der Waals surface area contributed by atoms with Crippen molar-refractivity contribution in [2.75, 3.05) is 43.5 Å². The first kappa shape index (κ1) is 25.0. The van der Waals surface area contributed by atoms with E-state index in [2.05, 4.69) is 17.1 Å². The second-order valence-corrected chi connectivity index (χ2v) is 12.1. The Labute approximate surface area is 224 Å². The number of amides is 1. The summed E-state index contributed by atoms with van der Waals surface area (Å²) in [7, 11) is 1.58. The number of methoxy groups -OCH3 is 1. The Morgan fingerprint density at radius 1 is 1.03 bits per heavy atom. The molecule has 1 saturated heterocycles.